The van der Waals surface area contributed by atoms with Crippen molar-refractivity contribution in [3.63, 3.8) is 0 Å². The summed E-state index contributed by atoms with van der Waals surface area (Å²) in [6.07, 6.45) is 0.681. The normalized spacial score (nSPS) is 9.82. The molecule has 0 heterocycles. The molecule has 0 bridgehead atoms. The second-order valence-corrected chi connectivity index (χ2v) is 3.38. The minimum Gasteiger partial charge on any atom is -0.497 e. The molecule has 0 atom stereocenters. The molecule has 17 heavy (non-hydrogen) atoms. The zero-order chi connectivity index (χ0) is 12.7. The Balaban J connectivity index is 2.80. The van der Waals surface area contributed by atoms with Gasteiger partial charge in [0, 0.05) is 6.07 Å². The fraction of sp³-hybridized carbons (Fsp3) is 0.417. The molecule has 0 aliphatic carbocycles. The largest absolute Gasteiger partial charge is 0.497 e. The first-order valence-electron chi connectivity index (χ1n) is 5.28. The van der Waals surface area contributed by atoms with Crippen LogP contribution in [-0.2, 0) is 16.0 Å². The van der Waals surface area contributed by atoms with Crippen LogP contribution in [0.2, 0.25) is 0 Å². The third-order valence-corrected chi connectivity index (χ3v) is 2.26. The maximum absolute atomic E-state index is 11.0. The topological polar surface area (TPSA) is 70.8 Å². The maximum Gasteiger partial charge on any atom is 0.343 e. The Morgan fingerprint density at radius 1 is 1.35 bits per heavy atom. The van der Waals surface area contributed by atoms with Crippen LogP contribution in [0, 0.1) is 0 Å². The molecular weight excluding hydrogens is 222 g/mol. The summed E-state index contributed by atoms with van der Waals surface area (Å²) >= 11 is 0. The van der Waals surface area contributed by atoms with Crippen molar-refractivity contribution >= 4 is 5.97 Å². The zero-order valence-corrected chi connectivity index (χ0v) is 10.1. The Bertz CT molecular complexity index is 379. The van der Waals surface area contributed by atoms with Gasteiger partial charge in [-0.15, -0.1) is 0 Å². The Labute approximate surface area is 100 Å². The van der Waals surface area contributed by atoms with Crippen LogP contribution in [0.4, 0.5) is 0 Å². The lowest BCUT2D eigenvalue weighted by Gasteiger charge is -2.11. The van der Waals surface area contributed by atoms with Crippen LogP contribution >= 0.6 is 0 Å². The third-order valence-electron chi connectivity index (χ3n) is 2.26. The molecule has 0 spiro atoms. The van der Waals surface area contributed by atoms with Gasteiger partial charge in [0.1, 0.15) is 11.5 Å². The number of carbonyl (C=O) groups excluding carboxylic acids is 1. The van der Waals surface area contributed by atoms with E-state index in [1.54, 1.807) is 13.2 Å². The van der Waals surface area contributed by atoms with Crippen molar-refractivity contribution in [3.05, 3.63) is 23.8 Å². The summed E-state index contributed by atoms with van der Waals surface area (Å²) < 4.78 is 15.0. The lowest BCUT2D eigenvalue weighted by atomic mass is 10.1. The first-order valence-corrected chi connectivity index (χ1v) is 5.28. The lowest BCUT2D eigenvalue weighted by molar-refractivity contribution is -0.142. The van der Waals surface area contributed by atoms with Crippen LogP contribution in [0.3, 0.4) is 0 Å². The third kappa shape index (κ3) is 3.96. The van der Waals surface area contributed by atoms with Gasteiger partial charge in [0.25, 0.3) is 0 Å². The minimum absolute atomic E-state index is 0.124. The molecule has 5 heteroatoms. The highest BCUT2D eigenvalue weighted by atomic mass is 16.6. The van der Waals surface area contributed by atoms with Gasteiger partial charge in [-0.3, -0.25) is 0 Å². The number of hydrogen-bond donors (Lipinski definition) is 1. The average Bonchev–Trinajstić information content (AvgIpc) is 2.37. The van der Waals surface area contributed by atoms with Gasteiger partial charge < -0.3 is 19.9 Å². The molecule has 2 N–H and O–H groups in total. The zero-order valence-electron chi connectivity index (χ0n) is 10.1. The van der Waals surface area contributed by atoms with E-state index in [4.69, 9.17) is 15.2 Å². The summed E-state index contributed by atoms with van der Waals surface area (Å²) in [6, 6.07) is 5.43. The van der Waals surface area contributed by atoms with Crippen LogP contribution < -0.4 is 15.2 Å². The number of carbonyl (C=O) groups is 1. The van der Waals surface area contributed by atoms with Crippen LogP contribution in [0.1, 0.15) is 5.56 Å². The molecule has 0 unspecified atom stereocenters. The van der Waals surface area contributed by atoms with Crippen LogP contribution in [-0.4, -0.2) is 33.3 Å². The number of methoxy groups -OCH3 is 2. The van der Waals surface area contributed by atoms with Crippen LogP contribution in [0.25, 0.3) is 0 Å². The van der Waals surface area contributed by atoms with Gasteiger partial charge in [-0.1, -0.05) is 6.07 Å². The fourth-order valence-corrected chi connectivity index (χ4v) is 1.35. The van der Waals surface area contributed by atoms with Crippen molar-refractivity contribution in [1.29, 1.82) is 0 Å². The van der Waals surface area contributed by atoms with E-state index >= 15 is 0 Å². The number of ether oxygens (including phenoxy) is 3. The SMILES string of the molecule is COC(=O)COc1cc(OC)ccc1CCN. The smallest absolute Gasteiger partial charge is 0.343 e. The monoisotopic (exact) mass is 239 g/mol. The van der Waals surface area contributed by atoms with Crippen molar-refractivity contribution < 1.29 is 19.0 Å². The molecule has 0 fully saturated rings. The number of nitrogens with two attached hydrogens (primary N) is 1. The van der Waals surface area contributed by atoms with Crippen molar-refractivity contribution in [3.8, 4) is 11.5 Å². The lowest BCUT2D eigenvalue weighted by Crippen LogP contribution is -2.14. The molecule has 0 aliphatic heterocycles. The summed E-state index contributed by atoms with van der Waals surface area (Å²) in [5.41, 5.74) is 6.45. The summed E-state index contributed by atoms with van der Waals surface area (Å²) in [5, 5.41) is 0. The van der Waals surface area contributed by atoms with Gasteiger partial charge in [0.2, 0.25) is 0 Å². The van der Waals surface area contributed by atoms with Gasteiger partial charge in [-0.05, 0) is 24.6 Å². The number of benzene rings is 1. The van der Waals surface area contributed by atoms with Crippen molar-refractivity contribution in [2.75, 3.05) is 27.4 Å². The molecule has 1 aromatic rings. The van der Waals surface area contributed by atoms with Gasteiger partial charge in [-0.2, -0.15) is 0 Å². The average molecular weight is 239 g/mol. The molecule has 1 rings (SSSR count). The highest BCUT2D eigenvalue weighted by Crippen LogP contribution is 2.25. The molecule has 94 valence electrons. The summed E-state index contributed by atoms with van der Waals surface area (Å²) in [5.74, 6) is 0.845. The number of hydrogen-bond acceptors (Lipinski definition) is 5. The first-order chi connectivity index (χ1) is 8.21. The van der Waals surface area contributed by atoms with E-state index in [-0.39, 0.29) is 6.61 Å². The molecule has 1 aromatic carbocycles. The molecule has 0 saturated carbocycles. The van der Waals surface area contributed by atoms with E-state index in [1.165, 1.54) is 7.11 Å². The molecule has 0 aliphatic rings. The van der Waals surface area contributed by atoms with E-state index in [9.17, 15) is 4.79 Å². The van der Waals surface area contributed by atoms with Gasteiger partial charge in [0.15, 0.2) is 6.61 Å². The van der Waals surface area contributed by atoms with Crippen LogP contribution in [0.5, 0.6) is 11.5 Å². The van der Waals surface area contributed by atoms with Crippen LogP contribution in [0.15, 0.2) is 18.2 Å². The Morgan fingerprint density at radius 2 is 2.12 bits per heavy atom. The second-order valence-electron chi connectivity index (χ2n) is 3.38. The predicted molar refractivity (Wildman–Crippen MR) is 63.3 cm³/mol. The van der Waals surface area contributed by atoms with Crippen molar-refractivity contribution in [2.45, 2.75) is 6.42 Å². The first kappa shape index (κ1) is 13.3. The molecule has 0 radical (unpaired) electrons. The molecule has 5 nitrogen and oxygen atoms in total. The predicted octanol–water partition coefficient (Wildman–Crippen LogP) is 0.748. The maximum atomic E-state index is 11.0. The highest BCUT2D eigenvalue weighted by Gasteiger charge is 2.08. The van der Waals surface area contributed by atoms with E-state index in [2.05, 4.69) is 4.74 Å². The number of rotatable bonds is 6. The van der Waals surface area contributed by atoms with Gasteiger partial charge in [0.05, 0.1) is 14.2 Å². The molecular formula is C12H17NO4. The summed E-state index contributed by atoms with van der Waals surface area (Å²) in [6.45, 7) is 0.391. The van der Waals surface area contributed by atoms with Gasteiger partial charge in [-0.25, -0.2) is 4.79 Å². The Kier molecular flexibility index (Phi) is 5.29. The van der Waals surface area contributed by atoms with Crippen molar-refractivity contribution in [1.82, 2.24) is 0 Å². The van der Waals surface area contributed by atoms with Crippen molar-refractivity contribution in [2.24, 2.45) is 5.73 Å². The number of esters is 1. The van der Waals surface area contributed by atoms with Gasteiger partial charge >= 0.3 is 5.97 Å². The Morgan fingerprint density at radius 3 is 2.71 bits per heavy atom. The summed E-state index contributed by atoms with van der Waals surface area (Å²) in [7, 11) is 2.89. The van der Waals surface area contributed by atoms with E-state index in [1.807, 2.05) is 12.1 Å². The highest BCUT2D eigenvalue weighted by molar-refractivity contribution is 5.71. The Hall–Kier alpha value is -1.75. The van der Waals surface area contributed by atoms with E-state index in [0.29, 0.717) is 24.5 Å². The second kappa shape index (κ2) is 6.75. The quantitative estimate of drug-likeness (QED) is 0.742. The summed E-state index contributed by atoms with van der Waals surface area (Å²) in [4.78, 5) is 11.0. The molecule has 0 saturated heterocycles. The van der Waals surface area contributed by atoms with E-state index in [0.717, 1.165) is 5.56 Å². The fourth-order valence-electron chi connectivity index (χ4n) is 1.35. The molecule has 0 aromatic heterocycles. The minimum atomic E-state index is -0.425. The van der Waals surface area contributed by atoms with E-state index < -0.39 is 5.97 Å². The molecule has 0 amide bonds. The standard InChI is InChI=1S/C12H17NO4/c1-15-10-4-3-9(5-6-13)11(7-10)17-8-12(14)16-2/h3-4,7H,5-6,8,13H2,1-2H3.